The number of nitrogens with two attached hydrogens (primary N) is 1. The Morgan fingerprint density at radius 2 is 1.84 bits per heavy atom. The molecule has 0 spiro atoms. The lowest BCUT2D eigenvalue weighted by Crippen LogP contribution is -2.24. The van der Waals surface area contributed by atoms with Crippen LogP contribution in [0.15, 0.2) is 29.8 Å². The van der Waals surface area contributed by atoms with Gasteiger partial charge in [0.25, 0.3) is 5.90 Å². The van der Waals surface area contributed by atoms with Gasteiger partial charge < -0.3 is 14.8 Å². The van der Waals surface area contributed by atoms with Crippen molar-refractivity contribution < 1.29 is 14.7 Å². The molecule has 1 aromatic heterocycles. The van der Waals surface area contributed by atoms with Crippen LogP contribution in [0.25, 0.3) is 5.70 Å². The summed E-state index contributed by atoms with van der Waals surface area (Å²) in [6.07, 6.45) is 0.586. The van der Waals surface area contributed by atoms with Gasteiger partial charge >= 0.3 is 5.97 Å². The van der Waals surface area contributed by atoms with E-state index in [1.165, 1.54) is 0 Å². The van der Waals surface area contributed by atoms with E-state index in [9.17, 15) is 4.79 Å². The van der Waals surface area contributed by atoms with Gasteiger partial charge in [0, 0.05) is 37.7 Å². The van der Waals surface area contributed by atoms with Gasteiger partial charge in [0.2, 0.25) is 0 Å². The van der Waals surface area contributed by atoms with Crippen molar-refractivity contribution >= 4 is 23.4 Å². The van der Waals surface area contributed by atoms with E-state index in [4.69, 9.17) is 15.8 Å². The van der Waals surface area contributed by atoms with Crippen LogP contribution < -0.4 is 10.8 Å². The molecule has 0 aliphatic rings. The zero-order valence-corrected chi connectivity index (χ0v) is 19.1. The highest BCUT2D eigenvalue weighted by molar-refractivity contribution is 5.96. The third-order valence-electron chi connectivity index (χ3n) is 5.33. The SMILES string of the molecule is C=C(/N=C(\ON)c1cc(N(CC)CC)n(CC)n1)c1cc(C)c(CCC(=O)O)c(C)c1. The average molecular weight is 428 g/mol. The Kier molecular flexibility index (Phi) is 8.38. The smallest absolute Gasteiger partial charge is 0.303 e. The second-order valence-electron chi connectivity index (χ2n) is 7.34. The number of anilines is 1. The number of hydrogen-bond donors (Lipinski definition) is 2. The highest BCUT2D eigenvalue weighted by atomic mass is 16.6. The number of rotatable bonds is 10. The summed E-state index contributed by atoms with van der Waals surface area (Å²) in [7, 11) is 0. The minimum absolute atomic E-state index is 0.0975. The molecule has 0 aliphatic heterocycles. The normalized spacial score (nSPS) is 11.5. The van der Waals surface area contributed by atoms with Crippen molar-refractivity contribution in [1.29, 1.82) is 0 Å². The van der Waals surface area contributed by atoms with Crippen LogP contribution in [0.5, 0.6) is 0 Å². The van der Waals surface area contributed by atoms with E-state index in [1.54, 1.807) is 0 Å². The molecule has 3 N–H and O–H groups in total. The summed E-state index contributed by atoms with van der Waals surface area (Å²) in [5.41, 5.74) is 4.89. The van der Waals surface area contributed by atoms with Gasteiger partial charge in [0.1, 0.15) is 5.82 Å². The second-order valence-corrected chi connectivity index (χ2v) is 7.34. The molecule has 2 rings (SSSR count). The molecule has 2 aromatic rings. The van der Waals surface area contributed by atoms with E-state index in [2.05, 4.69) is 35.4 Å². The van der Waals surface area contributed by atoms with Crippen molar-refractivity contribution in [3.8, 4) is 0 Å². The molecule has 0 amide bonds. The van der Waals surface area contributed by atoms with E-state index < -0.39 is 5.97 Å². The summed E-state index contributed by atoms with van der Waals surface area (Å²) in [6.45, 7) is 16.6. The first kappa shape index (κ1) is 24.1. The highest BCUT2D eigenvalue weighted by Gasteiger charge is 2.17. The molecule has 8 nitrogen and oxygen atoms in total. The Morgan fingerprint density at radius 1 is 1.23 bits per heavy atom. The topological polar surface area (TPSA) is 106 Å². The summed E-state index contributed by atoms with van der Waals surface area (Å²) in [6, 6.07) is 5.83. The predicted molar refractivity (Wildman–Crippen MR) is 124 cm³/mol. The molecule has 0 saturated heterocycles. The molecule has 1 heterocycles. The number of aryl methyl sites for hydroxylation is 3. The Balaban J connectivity index is 2.37. The molecule has 0 radical (unpaired) electrons. The van der Waals surface area contributed by atoms with Gasteiger partial charge in [0.05, 0.1) is 5.70 Å². The molecule has 8 heteroatoms. The number of carbonyl (C=O) groups is 1. The summed E-state index contributed by atoms with van der Waals surface area (Å²) in [5, 5.41) is 13.6. The maximum atomic E-state index is 10.9. The third-order valence-corrected chi connectivity index (χ3v) is 5.33. The first-order chi connectivity index (χ1) is 14.7. The lowest BCUT2D eigenvalue weighted by Gasteiger charge is -2.20. The summed E-state index contributed by atoms with van der Waals surface area (Å²) < 4.78 is 1.89. The number of hydrogen-bond acceptors (Lipinski definition) is 6. The van der Waals surface area contributed by atoms with Gasteiger partial charge in [0.15, 0.2) is 5.69 Å². The van der Waals surface area contributed by atoms with Gasteiger partial charge in [-0.15, -0.1) is 0 Å². The molecule has 31 heavy (non-hydrogen) atoms. The van der Waals surface area contributed by atoms with Crippen molar-refractivity contribution in [2.24, 2.45) is 10.9 Å². The Hall–Kier alpha value is -3.13. The van der Waals surface area contributed by atoms with Crippen LogP contribution in [-0.4, -0.2) is 39.8 Å². The van der Waals surface area contributed by atoms with E-state index in [0.29, 0.717) is 24.4 Å². The van der Waals surface area contributed by atoms with Gasteiger partial charge in [-0.1, -0.05) is 6.58 Å². The minimum Gasteiger partial charge on any atom is -0.481 e. The zero-order valence-electron chi connectivity index (χ0n) is 19.1. The van der Waals surface area contributed by atoms with Crippen LogP contribution in [0.1, 0.15) is 55.1 Å². The van der Waals surface area contributed by atoms with Gasteiger partial charge in [-0.25, -0.2) is 9.67 Å². The molecule has 0 bridgehead atoms. The van der Waals surface area contributed by atoms with Crippen molar-refractivity contribution in [2.45, 2.75) is 54.0 Å². The molecule has 0 aliphatic carbocycles. The maximum absolute atomic E-state index is 10.9. The molecule has 0 atom stereocenters. The first-order valence-corrected chi connectivity index (χ1v) is 10.5. The molecular weight excluding hydrogens is 394 g/mol. The number of aliphatic carboxylic acids is 1. The molecule has 168 valence electrons. The van der Waals surface area contributed by atoms with Gasteiger partial charge in [-0.05, 0) is 69.9 Å². The van der Waals surface area contributed by atoms with Crippen LogP contribution in [0.2, 0.25) is 0 Å². The minimum atomic E-state index is -0.808. The van der Waals surface area contributed by atoms with E-state index >= 15 is 0 Å². The van der Waals surface area contributed by atoms with Crippen LogP contribution in [0.4, 0.5) is 5.82 Å². The molecule has 0 saturated carbocycles. The van der Waals surface area contributed by atoms with Crippen LogP contribution in [0.3, 0.4) is 0 Å². The van der Waals surface area contributed by atoms with Crippen molar-refractivity contribution in [2.75, 3.05) is 18.0 Å². The van der Waals surface area contributed by atoms with Crippen LogP contribution >= 0.6 is 0 Å². The van der Waals surface area contributed by atoms with E-state index in [-0.39, 0.29) is 12.3 Å². The quantitative estimate of drug-likeness (QED) is 0.340. The second kappa shape index (κ2) is 10.8. The lowest BCUT2D eigenvalue weighted by atomic mass is 9.95. The average Bonchev–Trinajstić information content (AvgIpc) is 3.15. The monoisotopic (exact) mass is 427 g/mol. The van der Waals surface area contributed by atoms with Crippen LogP contribution in [0, 0.1) is 13.8 Å². The van der Waals surface area contributed by atoms with Gasteiger partial charge in [-0.3, -0.25) is 4.79 Å². The number of benzene rings is 1. The fraction of sp³-hybridized carbons (Fsp3) is 0.435. The van der Waals surface area contributed by atoms with E-state index in [0.717, 1.165) is 41.2 Å². The molecule has 0 fully saturated rings. The lowest BCUT2D eigenvalue weighted by molar-refractivity contribution is -0.136. The number of carboxylic acid groups (broad SMARTS) is 1. The number of aliphatic imine (C=N–C) groups is 1. The Bertz CT molecular complexity index is 951. The largest absolute Gasteiger partial charge is 0.481 e. The highest BCUT2D eigenvalue weighted by Crippen LogP contribution is 2.24. The van der Waals surface area contributed by atoms with E-state index in [1.807, 2.05) is 43.7 Å². The Labute approximate surface area is 184 Å². The number of aromatic nitrogens is 2. The summed E-state index contributed by atoms with van der Waals surface area (Å²) in [4.78, 5) is 22.7. The third kappa shape index (κ3) is 5.73. The number of nitrogens with zero attached hydrogens (tertiary/aromatic N) is 4. The zero-order chi connectivity index (χ0) is 23.1. The standard InChI is InChI=1S/C23H33N5O3/c1-7-27(8-2)21-14-20(26-28(21)9-3)23(31-24)25-17(6)18-12-15(4)19(16(5)13-18)10-11-22(29)30/h12-14H,6-11,24H2,1-5H3,(H,29,30)/b25-23-. The Morgan fingerprint density at radius 3 is 2.32 bits per heavy atom. The number of carboxylic acids is 1. The van der Waals surface area contributed by atoms with Crippen molar-refractivity contribution in [3.63, 3.8) is 0 Å². The maximum Gasteiger partial charge on any atom is 0.303 e. The first-order valence-electron chi connectivity index (χ1n) is 10.5. The molecular formula is C23H33N5O3. The summed E-state index contributed by atoms with van der Waals surface area (Å²) >= 11 is 0. The fourth-order valence-corrected chi connectivity index (χ4v) is 3.66. The molecule has 1 aromatic carbocycles. The summed E-state index contributed by atoms with van der Waals surface area (Å²) in [5.74, 6) is 5.90. The molecule has 0 unspecified atom stereocenters. The predicted octanol–water partition coefficient (Wildman–Crippen LogP) is 3.69. The fourth-order valence-electron chi connectivity index (χ4n) is 3.66. The van der Waals surface area contributed by atoms with Crippen molar-refractivity contribution in [3.05, 3.63) is 52.7 Å². The van der Waals surface area contributed by atoms with Crippen LogP contribution in [-0.2, 0) is 22.6 Å². The van der Waals surface area contributed by atoms with Gasteiger partial charge in [-0.2, -0.15) is 11.0 Å². The van der Waals surface area contributed by atoms with Crippen molar-refractivity contribution in [1.82, 2.24) is 9.78 Å².